The number of aromatic nitrogens is 2. The summed E-state index contributed by atoms with van der Waals surface area (Å²) in [6, 6.07) is 0. The third-order valence-corrected chi connectivity index (χ3v) is 4.16. The number of hydrogen-bond donors (Lipinski definition) is 1. The maximum atomic E-state index is 12.5. The van der Waals surface area contributed by atoms with Crippen LogP contribution in [0.3, 0.4) is 0 Å². The smallest absolute Gasteiger partial charge is 0.369 e. The molecule has 0 saturated carbocycles. The van der Waals surface area contributed by atoms with Gasteiger partial charge in [-0.05, 0) is 13.8 Å². The first kappa shape index (κ1) is 16.3. The zero-order valence-electron chi connectivity index (χ0n) is 12.8. The Morgan fingerprint density at radius 1 is 1.43 bits per heavy atom. The molecule has 2 atom stereocenters. The van der Waals surface area contributed by atoms with Crippen LogP contribution in [0.2, 0.25) is 0 Å². The third-order valence-electron chi connectivity index (χ3n) is 4.16. The van der Waals surface area contributed by atoms with E-state index >= 15 is 0 Å². The Labute approximate surface area is 130 Å². The number of alkyl halides is 3. The molecule has 2 aliphatic rings. The van der Waals surface area contributed by atoms with E-state index in [0.29, 0.717) is 12.1 Å². The summed E-state index contributed by atoms with van der Waals surface area (Å²) in [5, 5.41) is 6.93. The van der Waals surface area contributed by atoms with Crippen molar-refractivity contribution in [2.45, 2.75) is 38.8 Å². The zero-order chi connectivity index (χ0) is 16.8. The Kier molecular flexibility index (Phi) is 4.09. The highest BCUT2D eigenvalue weighted by molar-refractivity contribution is 5.94. The van der Waals surface area contributed by atoms with Gasteiger partial charge in [0.2, 0.25) is 0 Å². The molecular formula is C14H18F3N3O3. The highest BCUT2D eigenvalue weighted by Gasteiger charge is 2.38. The first-order valence-corrected chi connectivity index (χ1v) is 7.47. The summed E-state index contributed by atoms with van der Waals surface area (Å²) in [5.74, 6) is -0.552. The van der Waals surface area contributed by atoms with Gasteiger partial charge in [0.05, 0.1) is 24.5 Å². The van der Waals surface area contributed by atoms with E-state index in [4.69, 9.17) is 4.74 Å². The van der Waals surface area contributed by atoms with Crippen LogP contribution in [-0.2, 0) is 15.9 Å². The number of fused-ring (bicyclic) bond motifs is 1. The van der Waals surface area contributed by atoms with E-state index in [0.717, 1.165) is 11.3 Å². The van der Waals surface area contributed by atoms with Gasteiger partial charge in [-0.15, -0.1) is 13.2 Å². The van der Waals surface area contributed by atoms with E-state index in [1.807, 2.05) is 13.8 Å². The maximum Gasteiger partial charge on any atom is 0.522 e. The number of rotatable bonds is 3. The van der Waals surface area contributed by atoms with Gasteiger partial charge >= 0.3 is 6.36 Å². The number of carbonyl (C=O) groups excluding carboxylic acids is 1. The topological polar surface area (TPSA) is 67.5 Å². The molecule has 2 aliphatic heterocycles. The standard InChI is InChI=1S/C14H18F3N3O3/c1-7-3-10-11(8(2)23-7)18-19-12(10)13(21)20-4-9(5-20)6-22-14(15,16)17/h7-9H,3-6H2,1-2H3,(H,18,19)/t7-,8+/m1/s1. The molecule has 0 spiro atoms. The number of hydrogen-bond acceptors (Lipinski definition) is 4. The monoisotopic (exact) mass is 333 g/mol. The Morgan fingerprint density at radius 2 is 2.13 bits per heavy atom. The molecule has 1 saturated heterocycles. The zero-order valence-corrected chi connectivity index (χ0v) is 12.8. The van der Waals surface area contributed by atoms with E-state index in [1.165, 1.54) is 4.90 Å². The van der Waals surface area contributed by atoms with Crippen LogP contribution in [0.4, 0.5) is 13.2 Å². The van der Waals surface area contributed by atoms with Crippen molar-refractivity contribution in [3.63, 3.8) is 0 Å². The number of aromatic amines is 1. The van der Waals surface area contributed by atoms with Crippen LogP contribution in [0.25, 0.3) is 0 Å². The quantitative estimate of drug-likeness (QED) is 0.919. The van der Waals surface area contributed by atoms with E-state index in [2.05, 4.69) is 14.9 Å². The van der Waals surface area contributed by atoms with Gasteiger partial charge in [0.1, 0.15) is 0 Å². The molecule has 0 aromatic carbocycles. The summed E-state index contributed by atoms with van der Waals surface area (Å²) in [4.78, 5) is 14.0. The molecule has 6 nitrogen and oxygen atoms in total. The Hall–Kier alpha value is -1.61. The fourth-order valence-corrected chi connectivity index (χ4v) is 3.05. The molecule has 1 aromatic heterocycles. The van der Waals surface area contributed by atoms with Crippen LogP contribution < -0.4 is 0 Å². The number of nitrogens with one attached hydrogen (secondary N) is 1. The van der Waals surface area contributed by atoms with E-state index in [1.54, 1.807) is 0 Å². The first-order valence-electron chi connectivity index (χ1n) is 7.47. The summed E-state index contributed by atoms with van der Waals surface area (Å²) in [6.45, 7) is 3.88. The van der Waals surface area contributed by atoms with Crippen molar-refractivity contribution in [1.29, 1.82) is 0 Å². The number of nitrogens with zero attached hydrogens (tertiary/aromatic N) is 2. The van der Waals surface area contributed by atoms with E-state index < -0.39 is 13.0 Å². The minimum absolute atomic E-state index is 0.00836. The molecule has 3 heterocycles. The van der Waals surface area contributed by atoms with E-state index in [9.17, 15) is 18.0 Å². The molecule has 23 heavy (non-hydrogen) atoms. The Morgan fingerprint density at radius 3 is 2.78 bits per heavy atom. The van der Waals surface area contributed by atoms with Crippen LogP contribution in [0.1, 0.15) is 41.7 Å². The molecule has 0 radical (unpaired) electrons. The van der Waals surface area contributed by atoms with Gasteiger partial charge in [-0.25, -0.2) is 0 Å². The average molecular weight is 333 g/mol. The number of H-pyrrole nitrogens is 1. The molecule has 9 heteroatoms. The second-order valence-electron chi connectivity index (χ2n) is 6.09. The lowest BCUT2D eigenvalue weighted by Gasteiger charge is -2.39. The van der Waals surface area contributed by atoms with Crippen molar-refractivity contribution in [2.24, 2.45) is 5.92 Å². The first-order chi connectivity index (χ1) is 10.7. The second-order valence-corrected chi connectivity index (χ2v) is 6.09. The summed E-state index contributed by atoms with van der Waals surface area (Å²) < 4.78 is 45.4. The summed E-state index contributed by atoms with van der Waals surface area (Å²) in [6.07, 6.45) is -4.21. The minimum atomic E-state index is -4.63. The highest BCUT2D eigenvalue weighted by Crippen LogP contribution is 2.31. The summed E-state index contributed by atoms with van der Waals surface area (Å²) >= 11 is 0. The lowest BCUT2D eigenvalue weighted by molar-refractivity contribution is -0.330. The van der Waals surface area contributed by atoms with Gasteiger partial charge in [0.15, 0.2) is 5.69 Å². The fourth-order valence-electron chi connectivity index (χ4n) is 3.05. The lowest BCUT2D eigenvalue weighted by atomic mass is 9.97. The van der Waals surface area contributed by atoms with Crippen molar-refractivity contribution in [1.82, 2.24) is 15.1 Å². The van der Waals surface area contributed by atoms with Gasteiger partial charge in [0.25, 0.3) is 5.91 Å². The van der Waals surface area contributed by atoms with Crippen LogP contribution >= 0.6 is 0 Å². The Bertz CT molecular complexity index is 596. The second kappa shape index (κ2) is 5.79. The SMILES string of the molecule is C[C@@H]1Cc2c(C(=O)N3CC(COC(F)(F)F)C3)n[nH]c2[C@H](C)O1. The minimum Gasteiger partial charge on any atom is -0.369 e. The fraction of sp³-hybridized carbons (Fsp3) is 0.714. The number of amides is 1. The van der Waals surface area contributed by atoms with Crippen molar-refractivity contribution in [3.8, 4) is 0 Å². The number of carbonyl (C=O) groups is 1. The van der Waals surface area contributed by atoms with Gasteiger partial charge in [-0.3, -0.25) is 14.6 Å². The van der Waals surface area contributed by atoms with Crippen molar-refractivity contribution in [2.75, 3.05) is 19.7 Å². The molecule has 0 aliphatic carbocycles. The largest absolute Gasteiger partial charge is 0.522 e. The molecule has 0 bridgehead atoms. The van der Waals surface area contributed by atoms with Gasteiger partial charge in [-0.1, -0.05) is 0 Å². The predicted molar refractivity (Wildman–Crippen MR) is 72.7 cm³/mol. The number of likely N-dealkylation sites (tertiary alicyclic amines) is 1. The molecule has 1 amide bonds. The summed E-state index contributed by atoms with van der Waals surface area (Å²) in [5.41, 5.74) is 1.98. The molecule has 1 fully saturated rings. The van der Waals surface area contributed by atoms with Crippen LogP contribution in [0.15, 0.2) is 0 Å². The van der Waals surface area contributed by atoms with Crippen molar-refractivity contribution < 1.29 is 27.4 Å². The molecule has 1 aromatic rings. The van der Waals surface area contributed by atoms with Crippen LogP contribution in [-0.4, -0.2) is 53.2 Å². The molecule has 3 rings (SSSR count). The van der Waals surface area contributed by atoms with Crippen molar-refractivity contribution >= 4 is 5.91 Å². The molecule has 0 unspecified atom stereocenters. The predicted octanol–water partition coefficient (Wildman–Crippen LogP) is 2.04. The maximum absolute atomic E-state index is 12.5. The van der Waals surface area contributed by atoms with Crippen molar-refractivity contribution in [3.05, 3.63) is 17.0 Å². The molecule has 1 N–H and O–H groups in total. The third kappa shape index (κ3) is 3.35. The number of halogens is 3. The van der Waals surface area contributed by atoms with Crippen LogP contribution in [0.5, 0.6) is 0 Å². The normalized spacial score (nSPS) is 25.2. The lowest BCUT2D eigenvalue weighted by Crippen LogP contribution is -2.52. The van der Waals surface area contributed by atoms with E-state index in [-0.39, 0.29) is 37.1 Å². The van der Waals surface area contributed by atoms with Gasteiger partial charge < -0.3 is 9.64 Å². The average Bonchev–Trinajstić information content (AvgIpc) is 2.79. The van der Waals surface area contributed by atoms with Gasteiger partial charge in [-0.2, -0.15) is 5.10 Å². The number of ether oxygens (including phenoxy) is 2. The van der Waals surface area contributed by atoms with Gasteiger partial charge in [0, 0.05) is 31.0 Å². The molecule has 128 valence electrons. The summed E-state index contributed by atoms with van der Waals surface area (Å²) in [7, 11) is 0. The molecular weight excluding hydrogens is 315 g/mol. The van der Waals surface area contributed by atoms with Crippen LogP contribution in [0, 0.1) is 5.92 Å². The Balaban J connectivity index is 1.61. The highest BCUT2D eigenvalue weighted by atomic mass is 19.4.